The molecule has 0 radical (unpaired) electrons. The maximum atomic E-state index is 14.5. The van der Waals surface area contributed by atoms with E-state index in [0.717, 1.165) is 29.1 Å². The second-order valence-corrected chi connectivity index (χ2v) is 15.8. The Labute approximate surface area is 261 Å². The van der Waals surface area contributed by atoms with E-state index in [-0.39, 0.29) is 51.3 Å². The van der Waals surface area contributed by atoms with Crippen LogP contribution < -0.4 is 0 Å². The van der Waals surface area contributed by atoms with Gasteiger partial charge in [-0.3, -0.25) is 14.4 Å². The highest BCUT2D eigenvalue weighted by Crippen LogP contribution is 2.67. The van der Waals surface area contributed by atoms with Crippen molar-refractivity contribution in [3.05, 3.63) is 96.1 Å². The molecule has 2 unspecified atom stereocenters. The summed E-state index contributed by atoms with van der Waals surface area (Å²) in [5.74, 6) is -0.677. The van der Waals surface area contributed by atoms with Crippen molar-refractivity contribution < 1.29 is 23.7 Å². The predicted molar refractivity (Wildman–Crippen MR) is 170 cm³/mol. The molecular formula is C36H38O5S2. The molecule has 2 aromatic carbocycles. The second-order valence-electron chi connectivity index (χ2n) is 12.8. The van der Waals surface area contributed by atoms with Crippen LogP contribution in [0.25, 0.3) is 0 Å². The number of allylic oxidation sites excluding steroid dienone is 6. The van der Waals surface area contributed by atoms with Gasteiger partial charge in [-0.1, -0.05) is 78.4 Å². The maximum Gasteiger partial charge on any atom is 0.303 e. The molecule has 6 rings (SSSR count). The molecule has 2 aromatic rings. The summed E-state index contributed by atoms with van der Waals surface area (Å²) in [5, 5.41) is 0. The predicted octanol–water partition coefficient (Wildman–Crippen LogP) is 7.12. The molecule has 5 nitrogen and oxygen atoms in total. The molecule has 2 saturated carbocycles. The number of ketones is 2. The van der Waals surface area contributed by atoms with Gasteiger partial charge in [-0.05, 0) is 97.5 Å². The summed E-state index contributed by atoms with van der Waals surface area (Å²) >= 11 is 0.197. The minimum Gasteiger partial charge on any atom is -0.611 e. The van der Waals surface area contributed by atoms with Gasteiger partial charge in [0, 0.05) is 29.1 Å². The molecule has 0 aromatic heterocycles. The fourth-order valence-corrected chi connectivity index (χ4v) is 11.7. The SMILES string of the molecule is CC(=O)OCC(=O)[C@H]1[C@H](C(Sc2ccccc2)[S+]([O-])c2ccccc2)C[C@H]2[C@@H]3CCC4=CC(=O)C=C[C@]4(C)C3=CC[C@@]21C. The summed E-state index contributed by atoms with van der Waals surface area (Å²) < 4.78 is 19.4. The third-order valence-corrected chi connectivity index (χ3v) is 13.8. The van der Waals surface area contributed by atoms with E-state index in [1.54, 1.807) is 17.8 Å². The number of benzene rings is 2. The fraction of sp³-hybridized carbons (Fsp3) is 0.417. The van der Waals surface area contributed by atoms with Gasteiger partial charge in [0.1, 0.15) is 6.61 Å². The van der Waals surface area contributed by atoms with Gasteiger partial charge in [0.25, 0.3) is 0 Å². The standard InChI is InChI=1S/C36H38O5S2/c1-23(37)41-22-32(39)33-29(34(42-26-10-6-4-7-11-26)43(40)27-12-8-5-9-13-27)21-31-28-15-14-24-20-25(38)16-18-35(24,2)30(28)17-19-36(31,33)3/h4-13,16-18,20,28-29,31,33-34H,14-15,19,21-22H2,1-3H3/t28-,29-,31+,33-,34?,35+,36+,43?/m1/s1. The van der Waals surface area contributed by atoms with E-state index in [2.05, 4.69) is 26.0 Å². The van der Waals surface area contributed by atoms with Crippen molar-refractivity contribution in [3.8, 4) is 0 Å². The third kappa shape index (κ3) is 5.49. The third-order valence-electron chi connectivity index (χ3n) is 10.3. The lowest BCUT2D eigenvalue weighted by molar-refractivity contribution is -0.148. The first-order valence-corrected chi connectivity index (χ1v) is 17.2. The quantitative estimate of drug-likeness (QED) is 0.136. The van der Waals surface area contributed by atoms with Crippen molar-refractivity contribution in [1.82, 2.24) is 0 Å². The van der Waals surface area contributed by atoms with Crippen LogP contribution in [0.4, 0.5) is 0 Å². The summed E-state index contributed by atoms with van der Waals surface area (Å²) in [5.41, 5.74) is 1.85. The van der Waals surface area contributed by atoms with Gasteiger partial charge >= 0.3 is 5.97 Å². The number of carbonyl (C=O) groups excluding carboxylic acids is 3. The fourth-order valence-electron chi connectivity index (χ4n) is 8.37. The maximum absolute atomic E-state index is 14.5. The largest absolute Gasteiger partial charge is 0.611 e. The van der Waals surface area contributed by atoms with Gasteiger partial charge in [0.05, 0.1) is 0 Å². The molecule has 224 valence electrons. The number of carbonyl (C=O) groups is 3. The molecule has 7 heteroatoms. The number of thioether (sulfide) groups is 1. The zero-order valence-corrected chi connectivity index (χ0v) is 26.5. The van der Waals surface area contributed by atoms with Crippen LogP contribution in [0.1, 0.15) is 46.5 Å². The Balaban J connectivity index is 1.42. The second kappa shape index (κ2) is 11.9. The first-order valence-electron chi connectivity index (χ1n) is 15.1. The highest BCUT2D eigenvalue weighted by Gasteiger charge is 2.63. The van der Waals surface area contributed by atoms with Crippen LogP contribution in [0.15, 0.2) is 106 Å². The summed E-state index contributed by atoms with van der Waals surface area (Å²) in [6.07, 6.45) is 11.1. The molecule has 43 heavy (non-hydrogen) atoms. The Morgan fingerprint density at radius 3 is 2.49 bits per heavy atom. The number of ether oxygens (including phenoxy) is 1. The van der Waals surface area contributed by atoms with Gasteiger partial charge in [0.15, 0.2) is 21.0 Å². The van der Waals surface area contributed by atoms with Crippen molar-refractivity contribution in [2.24, 2.45) is 34.5 Å². The summed E-state index contributed by atoms with van der Waals surface area (Å²) in [4.78, 5) is 39.9. The monoisotopic (exact) mass is 614 g/mol. The van der Waals surface area contributed by atoms with Crippen molar-refractivity contribution in [2.75, 3.05) is 6.61 Å². The molecule has 0 aliphatic heterocycles. The van der Waals surface area contributed by atoms with E-state index in [4.69, 9.17) is 4.74 Å². The van der Waals surface area contributed by atoms with Gasteiger partial charge in [0.2, 0.25) is 0 Å². The van der Waals surface area contributed by atoms with Gasteiger partial charge in [-0.25, -0.2) is 0 Å². The summed E-state index contributed by atoms with van der Waals surface area (Å²) in [7, 11) is 0. The number of fused-ring (bicyclic) bond motifs is 5. The minimum absolute atomic E-state index is 0.0494. The van der Waals surface area contributed by atoms with E-state index in [9.17, 15) is 18.9 Å². The average molecular weight is 615 g/mol. The molecule has 0 amide bonds. The van der Waals surface area contributed by atoms with Crippen LogP contribution in [0.3, 0.4) is 0 Å². The van der Waals surface area contributed by atoms with E-state index >= 15 is 0 Å². The Morgan fingerprint density at radius 2 is 1.79 bits per heavy atom. The summed E-state index contributed by atoms with van der Waals surface area (Å²) in [6.45, 7) is 5.51. The molecule has 4 aliphatic carbocycles. The average Bonchev–Trinajstić information content (AvgIpc) is 3.32. The van der Waals surface area contributed by atoms with Crippen LogP contribution >= 0.6 is 11.8 Å². The van der Waals surface area contributed by atoms with Crippen molar-refractivity contribution in [2.45, 2.75) is 60.8 Å². The number of rotatable bonds is 8. The first kappa shape index (κ1) is 30.2. The molecule has 4 aliphatic rings. The number of hydrogen-bond acceptors (Lipinski definition) is 6. The van der Waals surface area contributed by atoms with Crippen molar-refractivity contribution in [3.63, 3.8) is 0 Å². The smallest absolute Gasteiger partial charge is 0.303 e. The van der Waals surface area contributed by atoms with Crippen LogP contribution in [0.2, 0.25) is 0 Å². The first-order chi connectivity index (χ1) is 20.6. The van der Waals surface area contributed by atoms with Crippen LogP contribution in [-0.4, -0.2) is 33.3 Å². The highest BCUT2D eigenvalue weighted by atomic mass is 32.3. The minimum atomic E-state index is -1.39. The van der Waals surface area contributed by atoms with E-state index in [0.29, 0.717) is 6.42 Å². The van der Waals surface area contributed by atoms with Crippen LogP contribution in [-0.2, 0) is 30.3 Å². The zero-order valence-electron chi connectivity index (χ0n) is 24.9. The molecule has 0 N–H and O–H groups in total. The van der Waals surface area contributed by atoms with Gasteiger partial charge in [-0.2, -0.15) is 0 Å². The molecule has 0 heterocycles. The van der Waals surface area contributed by atoms with E-state index in [1.807, 2.05) is 66.7 Å². The lowest BCUT2D eigenvalue weighted by Gasteiger charge is -2.52. The van der Waals surface area contributed by atoms with Crippen LogP contribution in [0.5, 0.6) is 0 Å². The van der Waals surface area contributed by atoms with E-state index in [1.165, 1.54) is 18.1 Å². The lowest BCUT2D eigenvalue weighted by Crippen LogP contribution is -2.46. The van der Waals surface area contributed by atoms with Crippen LogP contribution in [0, 0.1) is 34.5 Å². The molecule has 8 atom stereocenters. The van der Waals surface area contributed by atoms with Crippen molar-refractivity contribution in [1.29, 1.82) is 0 Å². The van der Waals surface area contributed by atoms with Gasteiger partial charge in [-0.15, -0.1) is 0 Å². The molecule has 0 bridgehead atoms. The Bertz CT molecular complexity index is 1500. The Hall–Kier alpha value is -2.87. The van der Waals surface area contributed by atoms with Gasteiger partial charge < -0.3 is 9.29 Å². The normalized spacial score (nSPS) is 32.4. The topological polar surface area (TPSA) is 83.5 Å². The lowest BCUT2D eigenvalue weighted by atomic mass is 9.52. The molecular weight excluding hydrogens is 577 g/mol. The summed E-state index contributed by atoms with van der Waals surface area (Å²) in [6, 6.07) is 19.5. The number of esters is 1. The highest BCUT2D eigenvalue weighted by molar-refractivity contribution is 8.13. The molecule has 2 fully saturated rings. The number of Topliss-reactive ketones (excluding diaryl/α,β-unsaturated/α-hetero) is 1. The molecule has 0 saturated heterocycles. The Kier molecular flexibility index (Phi) is 8.35. The van der Waals surface area contributed by atoms with E-state index < -0.39 is 23.1 Å². The van der Waals surface area contributed by atoms with Crippen molar-refractivity contribution >= 4 is 40.5 Å². The zero-order chi connectivity index (χ0) is 30.4. The number of hydrogen-bond donors (Lipinski definition) is 0. The Morgan fingerprint density at radius 1 is 1.09 bits per heavy atom. The molecule has 0 spiro atoms.